The number of aromatic carboxylic acids is 1. The van der Waals surface area contributed by atoms with E-state index in [-0.39, 0.29) is 11.7 Å². The Morgan fingerprint density at radius 3 is 2.63 bits per heavy atom. The van der Waals surface area contributed by atoms with E-state index in [2.05, 4.69) is 15.6 Å². The van der Waals surface area contributed by atoms with Gasteiger partial charge in [-0.05, 0) is 30.4 Å². The minimum atomic E-state index is -1.06. The minimum Gasteiger partial charge on any atom is -0.477 e. The average Bonchev–Trinajstić information content (AvgIpc) is 2.35. The van der Waals surface area contributed by atoms with Crippen LogP contribution < -0.4 is 10.6 Å². The zero-order valence-corrected chi connectivity index (χ0v) is 10.6. The van der Waals surface area contributed by atoms with Crippen molar-refractivity contribution in [3.05, 3.63) is 29.6 Å². The van der Waals surface area contributed by atoms with Gasteiger partial charge in [0, 0.05) is 19.3 Å². The third-order valence-corrected chi connectivity index (χ3v) is 3.27. The number of rotatable bonds is 5. The molecule has 1 heterocycles. The van der Waals surface area contributed by atoms with Gasteiger partial charge >= 0.3 is 12.0 Å². The van der Waals surface area contributed by atoms with Crippen molar-refractivity contribution in [2.75, 3.05) is 6.54 Å². The van der Waals surface area contributed by atoms with Crippen molar-refractivity contribution in [2.45, 2.75) is 25.8 Å². The zero-order chi connectivity index (χ0) is 13.7. The van der Waals surface area contributed by atoms with E-state index < -0.39 is 5.97 Å². The van der Waals surface area contributed by atoms with Gasteiger partial charge in [-0.15, -0.1) is 0 Å². The number of hydrogen-bond acceptors (Lipinski definition) is 3. The molecule has 1 aromatic rings. The fourth-order valence-corrected chi connectivity index (χ4v) is 1.83. The molecule has 6 nitrogen and oxygen atoms in total. The third kappa shape index (κ3) is 3.94. The van der Waals surface area contributed by atoms with Gasteiger partial charge in [-0.1, -0.05) is 12.5 Å². The lowest BCUT2D eigenvalue weighted by Gasteiger charge is -2.25. The number of urea groups is 1. The van der Waals surface area contributed by atoms with Gasteiger partial charge in [-0.3, -0.25) is 0 Å². The summed E-state index contributed by atoms with van der Waals surface area (Å²) in [5.74, 6) is -0.431. The Balaban J connectivity index is 1.71. The second-order valence-corrected chi connectivity index (χ2v) is 4.72. The predicted octanol–water partition coefficient (Wildman–Crippen LogP) is 1.38. The monoisotopic (exact) mass is 263 g/mol. The second-order valence-electron chi connectivity index (χ2n) is 4.72. The number of nitrogens with one attached hydrogen (secondary N) is 2. The molecule has 2 amide bonds. The highest BCUT2D eigenvalue weighted by Crippen LogP contribution is 2.24. The Hall–Kier alpha value is -2.11. The fourth-order valence-electron chi connectivity index (χ4n) is 1.83. The summed E-state index contributed by atoms with van der Waals surface area (Å²) in [6.07, 6.45) is 5.10. The zero-order valence-electron chi connectivity index (χ0n) is 10.6. The molecule has 2 rings (SSSR count). The number of pyridine rings is 1. The van der Waals surface area contributed by atoms with Crippen LogP contribution in [0.1, 0.15) is 35.3 Å². The van der Waals surface area contributed by atoms with Crippen LogP contribution in [0.5, 0.6) is 0 Å². The van der Waals surface area contributed by atoms with Crippen LogP contribution >= 0.6 is 0 Å². The van der Waals surface area contributed by atoms with Crippen LogP contribution in [0.15, 0.2) is 18.3 Å². The number of carboxylic acids is 1. The molecule has 0 saturated heterocycles. The maximum atomic E-state index is 11.5. The first-order valence-electron chi connectivity index (χ1n) is 6.35. The summed E-state index contributed by atoms with van der Waals surface area (Å²) in [6, 6.07) is 2.86. The summed E-state index contributed by atoms with van der Waals surface area (Å²) in [7, 11) is 0. The molecule has 19 heavy (non-hydrogen) atoms. The molecule has 0 aromatic carbocycles. The van der Waals surface area contributed by atoms with Crippen LogP contribution in [0, 0.1) is 5.92 Å². The largest absolute Gasteiger partial charge is 0.477 e. The SMILES string of the molecule is O=C(NCc1ccc(C(=O)O)nc1)NCC1CCC1. The fraction of sp³-hybridized carbons (Fsp3) is 0.462. The summed E-state index contributed by atoms with van der Waals surface area (Å²) in [5.41, 5.74) is 0.766. The number of hydrogen-bond donors (Lipinski definition) is 3. The minimum absolute atomic E-state index is 0.00168. The standard InChI is InChI=1S/C13H17N3O3/c17-12(18)11-5-4-10(7-14-11)8-16-13(19)15-6-9-2-1-3-9/h4-5,7,9H,1-3,6,8H2,(H,17,18)(H2,15,16,19). The average molecular weight is 263 g/mol. The molecule has 0 atom stereocenters. The Labute approximate surface area is 111 Å². The van der Waals surface area contributed by atoms with Crippen molar-refractivity contribution in [1.82, 2.24) is 15.6 Å². The van der Waals surface area contributed by atoms with Crippen LogP contribution in [-0.4, -0.2) is 28.6 Å². The first-order chi connectivity index (χ1) is 9.15. The first-order valence-corrected chi connectivity index (χ1v) is 6.35. The molecule has 0 spiro atoms. The lowest BCUT2D eigenvalue weighted by Crippen LogP contribution is -2.39. The Kier molecular flexibility index (Phi) is 4.33. The summed E-state index contributed by atoms with van der Waals surface area (Å²) in [6.45, 7) is 1.06. The smallest absolute Gasteiger partial charge is 0.354 e. The molecule has 0 unspecified atom stereocenters. The number of amides is 2. The van der Waals surface area contributed by atoms with Crippen molar-refractivity contribution >= 4 is 12.0 Å². The van der Waals surface area contributed by atoms with Crippen LogP contribution in [-0.2, 0) is 6.54 Å². The summed E-state index contributed by atoms with van der Waals surface area (Å²) in [5, 5.41) is 14.2. The van der Waals surface area contributed by atoms with Crippen LogP contribution in [0.4, 0.5) is 4.79 Å². The van der Waals surface area contributed by atoms with Crippen molar-refractivity contribution < 1.29 is 14.7 Å². The molecule has 0 bridgehead atoms. The highest BCUT2D eigenvalue weighted by Gasteiger charge is 2.17. The van der Waals surface area contributed by atoms with Gasteiger partial charge in [0.25, 0.3) is 0 Å². The Bertz CT molecular complexity index is 455. The van der Waals surface area contributed by atoms with Gasteiger partial charge in [0.05, 0.1) is 0 Å². The molecule has 1 aromatic heterocycles. The molecule has 1 aliphatic carbocycles. The second kappa shape index (κ2) is 6.17. The molecule has 6 heteroatoms. The molecule has 0 radical (unpaired) electrons. The molecule has 102 valence electrons. The number of carbonyl (C=O) groups is 2. The van der Waals surface area contributed by atoms with E-state index in [1.807, 2.05) is 0 Å². The summed E-state index contributed by atoms with van der Waals surface area (Å²) < 4.78 is 0. The number of carbonyl (C=O) groups excluding carboxylic acids is 1. The summed E-state index contributed by atoms with van der Waals surface area (Å²) >= 11 is 0. The molecule has 1 aliphatic rings. The highest BCUT2D eigenvalue weighted by atomic mass is 16.4. The molecular weight excluding hydrogens is 246 g/mol. The predicted molar refractivity (Wildman–Crippen MR) is 68.8 cm³/mol. The van der Waals surface area contributed by atoms with E-state index in [4.69, 9.17) is 5.11 Å². The number of aromatic nitrogens is 1. The van der Waals surface area contributed by atoms with Gasteiger partial charge < -0.3 is 15.7 Å². The normalized spacial score (nSPS) is 14.5. The first kappa shape index (κ1) is 13.3. The van der Waals surface area contributed by atoms with E-state index >= 15 is 0 Å². The van der Waals surface area contributed by atoms with Gasteiger partial charge in [-0.25, -0.2) is 14.6 Å². The maximum absolute atomic E-state index is 11.5. The van der Waals surface area contributed by atoms with E-state index in [0.717, 1.165) is 12.1 Å². The van der Waals surface area contributed by atoms with Crippen molar-refractivity contribution in [2.24, 2.45) is 5.92 Å². The molecular formula is C13H17N3O3. The highest BCUT2D eigenvalue weighted by molar-refractivity contribution is 5.85. The van der Waals surface area contributed by atoms with Crippen LogP contribution in [0.3, 0.4) is 0 Å². The van der Waals surface area contributed by atoms with Gasteiger partial charge in [0.2, 0.25) is 0 Å². The molecule has 3 N–H and O–H groups in total. The van der Waals surface area contributed by atoms with Crippen molar-refractivity contribution in [1.29, 1.82) is 0 Å². The maximum Gasteiger partial charge on any atom is 0.354 e. The van der Waals surface area contributed by atoms with Gasteiger partial charge in [0.15, 0.2) is 0 Å². The lowest BCUT2D eigenvalue weighted by atomic mass is 9.85. The van der Waals surface area contributed by atoms with E-state index in [1.165, 1.54) is 31.5 Å². The van der Waals surface area contributed by atoms with Crippen molar-refractivity contribution in [3.63, 3.8) is 0 Å². The van der Waals surface area contributed by atoms with E-state index in [0.29, 0.717) is 12.5 Å². The van der Waals surface area contributed by atoms with Gasteiger partial charge in [0.1, 0.15) is 5.69 Å². The Morgan fingerprint density at radius 2 is 2.11 bits per heavy atom. The van der Waals surface area contributed by atoms with Crippen LogP contribution in [0.25, 0.3) is 0 Å². The van der Waals surface area contributed by atoms with Gasteiger partial charge in [-0.2, -0.15) is 0 Å². The molecule has 1 fully saturated rings. The summed E-state index contributed by atoms with van der Waals surface area (Å²) in [4.78, 5) is 25.9. The molecule has 1 saturated carbocycles. The van der Waals surface area contributed by atoms with E-state index in [9.17, 15) is 9.59 Å². The molecule has 0 aliphatic heterocycles. The topological polar surface area (TPSA) is 91.3 Å². The third-order valence-electron chi connectivity index (χ3n) is 3.27. The van der Waals surface area contributed by atoms with Crippen molar-refractivity contribution in [3.8, 4) is 0 Å². The lowest BCUT2D eigenvalue weighted by molar-refractivity contribution is 0.0690. The van der Waals surface area contributed by atoms with E-state index in [1.54, 1.807) is 6.07 Å². The number of nitrogens with zero attached hydrogens (tertiary/aromatic N) is 1. The Morgan fingerprint density at radius 1 is 1.32 bits per heavy atom. The van der Waals surface area contributed by atoms with Crippen LogP contribution in [0.2, 0.25) is 0 Å². The quantitative estimate of drug-likeness (QED) is 0.748. The number of carboxylic acid groups (broad SMARTS) is 1.